The summed E-state index contributed by atoms with van der Waals surface area (Å²) in [6, 6.07) is 21.1. The quantitative estimate of drug-likeness (QED) is 0.316. The average Bonchev–Trinajstić information content (AvgIpc) is 3.36. The molecule has 0 atom stereocenters. The van der Waals surface area contributed by atoms with Crippen LogP contribution in [0.5, 0.6) is 5.75 Å². The molecule has 8 nitrogen and oxygen atoms in total. The molecule has 1 N–H and O–H groups in total. The van der Waals surface area contributed by atoms with Gasteiger partial charge >= 0.3 is 5.97 Å². The fraction of sp³-hybridized carbons (Fsp3) is 0.154. The summed E-state index contributed by atoms with van der Waals surface area (Å²) in [6.07, 6.45) is 0.806. The number of para-hydroxylation sites is 1. The van der Waals surface area contributed by atoms with Gasteiger partial charge in [-0.05, 0) is 60.5 Å². The number of carbonyl (C=O) groups excluding carboxylic acids is 2. The smallest absolute Gasteiger partial charge is 0.340 e. The summed E-state index contributed by atoms with van der Waals surface area (Å²) in [4.78, 5) is 25.2. The van der Waals surface area contributed by atoms with Crippen molar-refractivity contribution in [3.63, 3.8) is 0 Å². The largest absolute Gasteiger partial charge is 0.497 e. The molecule has 0 radical (unpaired) electrons. The van der Waals surface area contributed by atoms with Crippen LogP contribution in [0.15, 0.2) is 77.2 Å². The van der Waals surface area contributed by atoms with Crippen LogP contribution in [0.2, 0.25) is 5.02 Å². The first-order valence-corrected chi connectivity index (χ1v) is 11.2. The number of aromatic nitrogens is 2. The molecule has 9 heteroatoms. The van der Waals surface area contributed by atoms with E-state index >= 15 is 0 Å². The lowest BCUT2D eigenvalue weighted by Crippen LogP contribution is -2.16. The SMILES string of the molecule is COc1ccc(CCC(=O)Nc2ccccc2C(=O)OCc2nnc(-c3ccc(Cl)cc3)o2)cc1. The van der Waals surface area contributed by atoms with Crippen molar-refractivity contribution in [3.8, 4) is 17.2 Å². The second kappa shape index (κ2) is 11.3. The van der Waals surface area contributed by atoms with Crippen molar-refractivity contribution in [1.82, 2.24) is 10.2 Å². The van der Waals surface area contributed by atoms with E-state index in [2.05, 4.69) is 15.5 Å². The van der Waals surface area contributed by atoms with E-state index in [1.54, 1.807) is 55.6 Å². The molecule has 0 aliphatic carbocycles. The van der Waals surface area contributed by atoms with Gasteiger partial charge in [-0.15, -0.1) is 10.2 Å². The van der Waals surface area contributed by atoms with E-state index in [1.165, 1.54) is 0 Å². The molecule has 4 aromatic rings. The van der Waals surface area contributed by atoms with Gasteiger partial charge in [-0.2, -0.15) is 0 Å². The molecule has 1 aromatic heterocycles. The van der Waals surface area contributed by atoms with Gasteiger partial charge in [-0.3, -0.25) is 4.79 Å². The molecule has 0 saturated heterocycles. The standard InChI is InChI=1S/C26H22ClN3O5/c1-33-20-13-6-17(7-14-20)8-15-23(31)28-22-5-3-2-4-21(22)26(32)34-16-24-29-30-25(35-24)18-9-11-19(27)12-10-18/h2-7,9-14H,8,15-16H2,1H3,(H,28,31). The Hall–Kier alpha value is -4.17. The van der Waals surface area contributed by atoms with Crippen LogP contribution in [0, 0.1) is 0 Å². The highest BCUT2D eigenvalue weighted by molar-refractivity contribution is 6.30. The Bertz CT molecular complexity index is 1300. The molecule has 178 valence electrons. The van der Waals surface area contributed by atoms with Gasteiger partial charge in [0.25, 0.3) is 5.89 Å². The van der Waals surface area contributed by atoms with E-state index < -0.39 is 5.97 Å². The first-order valence-electron chi connectivity index (χ1n) is 10.8. The zero-order valence-corrected chi connectivity index (χ0v) is 19.6. The molecule has 0 unspecified atom stereocenters. The molecule has 0 saturated carbocycles. The average molecular weight is 492 g/mol. The number of nitrogens with zero attached hydrogens (tertiary/aromatic N) is 2. The van der Waals surface area contributed by atoms with Gasteiger partial charge in [0.05, 0.1) is 18.4 Å². The van der Waals surface area contributed by atoms with Crippen LogP contribution >= 0.6 is 11.6 Å². The summed E-state index contributed by atoms with van der Waals surface area (Å²) in [6.45, 7) is -0.209. The third kappa shape index (κ3) is 6.45. The summed E-state index contributed by atoms with van der Waals surface area (Å²) in [5, 5.41) is 11.3. The van der Waals surface area contributed by atoms with Gasteiger partial charge in [-0.25, -0.2) is 4.79 Å². The van der Waals surface area contributed by atoms with Gasteiger partial charge in [0, 0.05) is 17.0 Å². The number of halogens is 1. The van der Waals surface area contributed by atoms with Gasteiger partial charge in [0.15, 0.2) is 6.61 Å². The van der Waals surface area contributed by atoms with Crippen molar-refractivity contribution < 1.29 is 23.5 Å². The minimum atomic E-state index is -0.623. The van der Waals surface area contributed by atoms with Crippen LogP contribution in [0.4, 0.5) is 5.69 Å². The van der Waals surface area contributed by atoms with Crippen molar-refractivity contribution in [1.29, 1.82) is 0 Å². The Labute approximate surface area is 206 Å². The highest BCUT2D eigenvalue weighted by Crippen LogP contribution is 2.22. The number of hydrogen-bond donors (Lipinski definition) is 1. The molecule has 0 aliphatic heterocycles. The lowest BCUT2D eigenvalue weighted by atomic mass is 10.1. The van der Waals surface area contributed by atoms with E-state index in [9.17, 15) is 9.59 Å². The van der Waals surface area contributed by atoms with Crippen molar-refractivity contribution in [2.45, 2.75) is 19.4 Å². The van der Waals surface area contributed by atoms with Crippen LogP contribution < -0.4 is 10.1 Å². The Balaban J connectivity index is 1.33. The minimum absolute atomic E-state index is 0.143. The number of methoxy groups -OCH3 is 1. The Kier molecular flexibility index (Phi) is 7.74. The molecular formula is C26H22ClN3O5. The predicted octanol–water partition coefficient (Wildman–Crippen LogP) is 5.33. The van der Waals surface area contributed by atoms with Crippen LogP contribution in [0.25, 0.3) is 11.5 Å². The van der Waals surface area contributed by atoms with E-state index in [4.69, 9.17) is 25.5 Å². The Morgan fingerprint density at radius 2 is 1.71 bits per heavy atom. The number of benzene rings is 3. The number of ether oxygens (including phenoxy) is 2. The van der Waals surface area contributed by atoms with Gasteiger partial charge < -0.3 is 19.2 Å². The van der Waals surface area contributed by atoms with E-state index in [-0.39, 0.29) is 36.3 Å². The van der Waals surface area contributed by atoms with E-state index in [0.717, 1.165) is 11.3 Å². The highest BCUT2D eigenvalue weighted by atomic mass is 35.5. The summed E-state index contributed by atoms with van der Waals surface area (Å²) >= 11 is 5.89. The number of esters is 1. The minimum Gasteiger partial charge on any atom is -0.497 e. The summed E-state index contributed by atoms with van der Waals surface area (Å²) in [5.74, 6) is 0.349. The normalized spacial score (nSPS) is 10.6. The van der Waals surface area contributed by atoms with Gasteiger partial charge in [-0.1, -0.05) is 35.9 Å². The molecule has 4 rings (SSSR count). The monoisotopic (exact) mass is 491 g/mol. The lowest BCUT2D eigenvalue weighted by Gasteiger charge is -2.10. The zero-order chi connectivity index (χ0) is 24.6. The second-order valence-electron chi connectivity index (χ2n) is 7.53. The summed E-state index contributed by atoms with van der Waals surface area (Å²) in [7, 11) is 1.60. The zero-order valence-electron chi connectivity index (χ0n) is 18.9. The predicted molar refractivity (Wildman–Crippen MR) is 130 cm³/mol. The molecular weight excluding hydrogens is 470 g/mol. The molecule has 3 aromatic carbocycles. The number of carbonyl (C=O) groups is 2. The van der Waals surface area contributed by atoms with Crippen LogP contribution in [-0.2, 0) is 22.6 Å². The fourth-order valence-electron chi connectivity index (χ4n) is 3.26. The number of aryl methyl sites for hydroxylation is 1. The van der Waals surface area contributed by atoms with Gasteiger partial charge in [0.2, 0.25) is 11.8 Å². The number of amides is 1. The fourth-order valence-corrected chi connectivity index (χ4v) is 3.38. The first kappa shape index (κ1) is 24.0. The third-order valence-corrected chi connectivity index (χ3v) is 5.36. The van der Waals surface area contributed by atoms with Crippen LogP contribution in [0.1, 0.15) is 28.2 Å². The number of rotatable bonds is 9. The van der Waals surface area contributed by atoms with E-state index in [1.807, 2.05) is 24.3 Å². The molecule has 1 heterocycles. The van der Waals surface area contributed by atoms with Crippen molar-refractivity contribution in [2.24, 2.45) is 0 Å². The first-order chi connectivity index (χ1) is 17.0. The maximum atomic E-state index is 12.7. The van der Waals surface area contributed by atoms with Crippen LogP contribution in [0.3, 0.4) is 0 Å². The number of anilines is 1. The molecule has 0 spiro atoms. The molecule has 1 amide bonds. The number of hydrogen-bond acceptors (Lipinski definition) is 7. The van der Waals surface area contributed by atoms with E-state index in [0.29, 0.717) is 22.7 Å². The summed E-state index contributed by atoms with van der Waals surface area (Å²) < 4.78 is 16.0. The molecule has 0 bridgehead atoms. The topological polar surface area (TPSA) is 104 Å². The van der Waals surface area contributed by atoms with Gasteiger partial charge in [0.1, 0.15) is 5.75 Å². The van der Waals surface area contributed by atoms with Crippen molar-refractivity contribution in [2.75, 3.05) is 12.4 Å². The Morgan fingerprint density at radius 1 is 0.971 bits per heavy atom. The molecule has 35 heavy (non-hydrogen) atoms. The lowest BCUT2D eigenvalue weighted by molar-refractivity contribution is -0.116. The molecule has 0 aliphatic rings. The highest BCUT2D eigenvalue weighted by Gasteiger charge is 2.17. The second-order valence-corrected chi connectivity index (χ2v) is 7.96. The maximum absolute atomic E-state index is 12.7. The van der Waals surface area contributed by atoms with Crippen LogP contribution in [-0.4, -0.2) is 29.2 Å². The molecule has 0 fully saturated rings. The summed E-state index contributed by atoms with van der Waals surface area (Å²) in [5.41, 5.74) is 2.29. The van der Waals surface area contributed by atoms with Crippen molar-refractivity contribution >= 4 is 29.2 Å². The maximum Gasteiger partial charge on any atom is 0.340 e. The van der Waals surface area contributed by atoms with Crippen molar-refractivity contribution in [3.05, 3.63) is 94.8 Å². The third-order valence-electron chi connectivity index (χ3n) is 5.11. The number of nitrogens with one attached hydrogen (secondary N) is 1. The Morgan fingerprint density at radius 3 is 2.46 bits per heavy atom.